The van der Waals surface area contributed by atoms with Gasteiger partial charge in [0, 0.05) is 30.2 Å². The molecule has 1 heterocycles. The Hall–Kier alpha value is -2.14. The molecule has 0 spiro atoms. The van der Waals surface area contributed by atoms with Gasteiger partial charge in [0.05, 0.1) is 12.4 Å². The van der Waals surface area contributed by atoms with Gasteiger partial charge in [0.25, 0.3) is 0 Å². The van der Waals surface area contributed by atoms with E-state index in [1.807, 2.05) is 31.2 Å². The maximum atomic E-state index is 12.4. The largest absolute Gasteiger partial charge is 0.497 e. The monoisotopic (exact) mass is 370 g/mol. The number of carbonyl (C=O) groups is 1. The Morgan fingerprint density at radius 3 is 2.38 bits per heavy atom. The number of anilines is 1. The normalized spacial score (nSPS) is 14.9. The van der Waals surface area contributed by atoms with Crippen LogP contribution in [0.1, 0.15) is 25.3 Å². The third-order valence-corrected chi connectivity index (χ3v) is 5.73. The molecule has 138 valence electrons. The number of thioether (sulfide) groups is 1. The Kier molecular flexibility index (Phi) is 6.45. The number of ether oxygens (including phenoxy) is 1. The molecular weight excluding hydrogens is 344 g/mol. The number of hydrogen-bond donors (Lipinski definition) is 1. The highest BCUT2D eigenvalue weighted by molar-refractivity contribution is 8.00. The van der Waals surface area contributed by atoms with Gasteiger partial charge in [-0.3, -0.25) is 4.79 Å². The Bertz CT molecular complexity index is 710. The molecule has 1 N–H and O–H groups in total. The molecule has 3 rings (SSSR count). The fourth-order valence-electron chi connectivity index (χ4n) is 3.04. The standard InChI is InChI=1S/C21H26N2O2S/c1-16(26-20-11-9-19(25-2)10-12-20)21(24)22-15-17-5-7-18(8-6-17)23-13-3-4-14-23/h5-12,16H,3-4,13-15H2,1-2H3,(H,22,24)/t16-/m1/s1. The summed E-state index contributed by atoms with van der Waals surface area (Å²) < 4.78 is 5.16. The van der Waals surface area contributed by atoms with Gasteiger partial charge in [-0.15, -0.1) is 11.8 Å². The predicted octanol–water partition coefficient (Wildman–Crippen LogP) is 4.09. The molecule has 2 aromatic rings. The summed E-state index contributed by atoms with van der Waals surface area (Å²) in [4.78, 5) is 15.8. The topological polar surface area (TPSA) is 41.6 Å². The van der Waals surface area contributed by atoms with Gasteiger partial charge < -0.3 is 15.0 Å². The molecule has 4 nitrogen and oxygen atoms in total. The number of methoxy groups -OCH3 is 1. The smallest absolute Gasteiger partial charge is 0.233 e. The lowest BCUT2D eigenvalue weighted by atomic mass is 10.2. The first-order valence-electron chi connectivity index (χ1n) is 9.08. The number of rotatable bonds is 7. The summed E-state index contributed by atoms with van der Waals surface area (Å²) in [6, 6.07) is 16.3. The molecule has 1 atom stereocenters. The number of nitrogens with zero attached hydrogens (tertiary/aromatic N) is 1. The first-order chi connectivity index (χ1) is 12.7. The second-order valence-corrected chi connectivity index (χ2v) is 7.93. The van der Waals surface area contributed by atoms with E-state index >= 15 is 0 Å². The first-order valence-corrected chi connectivity index (χ1v) is 9.96. The van der Waals surface area contributed by atoms with Gasteiger partial charge in [-0.25, -0.2) is 0 Å². The van der Waals surface area contributed by atoms with E-state index in [4.69, 9.17) is 4.74 Å². The van der Waals surface area contributed by atoms with Crippen molar-refractivity contribution in [2.24, 2.45) is 0 Å². The zero-order chi connectivity index (χ0) is 18.4. The lowest BCUT2D eigenvalue weighted by molar-refractivity contribution is -0.120. The van der Waals surface area contributed by atoms with Crippen LogP contribution in [0.15, 0.2) is 53.4 Å². The number of nitrogens with one attached hydrogen (secondary N) is 1. The Labute approximate surface area is 159 Å². The summed E-state index contributed by atoms with van der Waals surface area (Å²) in [6.45, 7) is 4.79. The summed E-state index contributed by atoms with van der Waals surface area (Å²) in [5.74, 6) is 0.873. The molecule has 0 aromatic heterocycles. The predicted molar refractivity (Wildman–Crippen MR) is 108 cm³/mol. The van der Waals surface area contributed by atoms with E-state index in [2.05, 4.69) is 34.5 Å². The lowest BCUT2D eigenvalue weighted by Crippen LogP contribution is -2.30. The SMILES string of the molecule is COc1ccc(S[C@H](C)C(=O)NCc2ccc(N3CCCC3)cc2)cc1. The quantitative estimate of drug-likeness (QED) is 0.745. The third kappa shape index (κ3) is 4.94. The van der Waals surface area contributed by atoms with E-state index < -0.39 is 0 Å². The molecule has 1 amide bonds. The van der Waals surface area contributed by atoms with Gasteiger partial charge in [-0.2, -0.15) is 0 Å². The second kappa shape index (κ2) is 8.99. The van der Waals surface area contributed by atoms with Crippen molar-refractivity contribution in [1.82, 2.24) is 5.32 Å². The van der Waals surface area contributed by atoms with E-state index in [0.29, 0.717) is 6.54 Å². The first kappa shape index (κ1) is 18.6. The molecule has 1 aliphatic heterocycles. The van der Waals surface area contributed by atoms with Crippen LogP contribution in [0.4, 0.5) is 5.69 Å². The maximum absolute atomic E-state index is 12.4. The van der Waals surface area contributed by atoms with Crippen molar-refractivity contribution in [3.8, 4) is 5.75 Å². The molecule has 1 fully saturated rings. The highest BCUT2D eigenvalue weighted by Gasteiger charge is 2.15. The van der Waals surface area contributed by atoms with Crippen molar-refractivity contribution in [1.29, 1.82) is 0 Å². The molecule has 0 unspecified atom stereocenters. The van der Waals surface area contributed by atoms with Crippen LogP contribution >= 0.6 is 11.8 Å². The van der Waals surface area contributed by atoms with Crippen LogP contribution in [0.25, 0.3) is 0 Å². The number of amides is 1. The van der Waals surface area contributed by atoms with E-state index in [9.17, 15) is 4.79 Å². The van der Waals surface area contributed by atoms with Gasteiger partial charge in [-0.1, -0.05) is 12.1 Å². The summed E-state index contributed by atoms with van der Waals surface area (Å²) in [5.41, 5.74) is 2.41. The van der Waals surface area contributed by atoms with Crippen LogP contribution in [0.5, 0.6) is 5.75 Å². The van der Waals surface area contributed by atoms with Crippen molar-refractivity contribution < 1.29 is 9.53 Å². The summed E-state index contributed by atoms with van der Waals surface area (Å²) in [7, 11) is 1.65. The Morgan fingerprint density at radius 1 is 1.12 bits per heavy atom. The second-order valence-electron chi connectivity index (χ2n) is 6.51. The molecule has 0 radical (unpaired) electrons. The van der Waals surface area contributed by atoms with E-state index in [1.54, 1.807) is 18.9 Å². The zero-order valence-corrected chi connectivity index (χ0v) is 16.2. The van der Waals surface area contributed by atoms with Gasteiger partial charge in [0.1, 0.15) is 5.75 Å². The van der Waals surface area contributed by atoms with Crippen LogP contribution in [0.2, 0.25) is 0 Å². The van der Waals surface area contributed by atoms with Gasteiger partial charge in [-0.05, 0) is 61.7 Å². The van der Waals surface area contributed by atoms with Crippen molar-refractivity contribution in [2.75, 3.05) is 25.1 Å². The molecule has 26 heavy (non-hydrogen) atoms. The van der Waals surface area contributed by atoms with Crippen LogP contribution < -0.4 is 15.0 Å². The number of hydrogen-bond acceptors (Lipinski definition) is 4. The van der Waals surface area contributed by atoms with Crippen molar-refractivity contribution in [3.63, 3.8) is 0 Å². The summed E-state index contributed by atoms with van der Waals surface area (Å²) in [5, 5.41) is 2.89. The highest BCUT2D eigenvalue weighted by Crippen LogP contribution is 2.25. The van der Waals surface area contributed by atoms with Crippen LogP contribution in [0.3, 0.4) is 0 Å². The average Bonchev–Trinajstić information content (AvgIpc) is 3.22. The minimum absolute atomic E-state index is 0.0504. The van der Waals surface area contributed by atoms with Gasteiger partial charge in [0.2, 0.25) is 5.91 Å². The minimum atomic E-state index is -0.146. The Balaban J connectivity index is 1.47. The summed E-state index contributed by atoms with van der Waals surface area (Å²) in [6.07, 6.45) is 2.56. The zero-order valence-electron chi connectivity index (χ0n) is 15.4. The van der Waals surface area contributed by atoms with E-state index in [0.717, 1.165) is 29.3 Å². The van der Waals surface area contributed by atoms with E-state index in [-0.39, 0.29) is 11.2 Å². The molecule has 0 saturated carbocycles. The number of benzene rings is 2. The molecule has 0 aliphatic carbocycles. The summed E-state index contributed by atoms with van der Waals surface area (Å²) >= 11 is 1.55. The van der Waals surface area contributed by atoms with Crippen molar-refractivity contribution in [2.45, 2.75) is 36.5 Å². The molecule has 1 aliphatic rings. The van der Waals surface area contributed by atoms with E-state index in [1.165, 1.54) is 18.5 Å². The molecular formula is C21H26N2O2S. The highest BCUT2D eigenvalue weighted by atomic mass is 32.2. The van der Waals surface area contributed by atoms with Crippen LogP contribution in [-0.2, 0) is 11.3 Å². The lowest BCUT2D eigenvalue weighted by Gasteiger charge is -2.18. The average molecular weight is 371 g/mol. The van der Waals surface area contributed by atoms with Crippen LogP contribution in [0, 0.1) is 0 Å². The van der Waals surface area contributed by atoms with Gasteiger partial charge in [0.15, 0.2) is 0 Å². The van der Waals surface area contributed by atoms with Crippen molar-refractivity contribution >= 4 is 23.4 Å². The molecule has 2 aromatic carbocycles. The molecule has 5 heteroatoms. The van der Waals surface area contributed by atoms with Gasteiger partial charge >= 0.3 is 0 Å². The maximum Gasteiger partial charge on any atom is 0.233 e. The van der Waals surface area contributed by atoms with Crippen molar-refractivity contribution in [3.05, 3.63) is 54.1 Å². The number of carbonyl (C=O) groups excluding carboxylic acids is 1. The molecule has 0 bridgehead atoms. The fourth-order valence-corrected chi connectivity index (χ4v) is 3.94. The Morgan fingerprint density at radius 2 is 1.77 bits per heavy atom. The third-order valence-electron chi connectivity index (χ3n) is 4.62. The van der Waals surface area contributed by atoms with Crippen LogP contribution in [-0.4, -0.2) is 31.4 Å². The fraction of sp³-hybridized carbons (Fsp3) is 0.381. The molecule has 1 saturated heterocycles. The minimum Gasteiger partial charge on any atom is -0.497 e.